The molecule has 1 fully saturated rings. The molecule has 1 saturated carbocycles. The fraction of sp³-hybridized carbons (Fsp3) is 0.600. The molecule has 0 heterocycles. The lowest BCUT2D eigenvalue weighted by atomic mass is 9.81. The lowest BCUT2D eigenvalue weighted by molar-refractivity contribution is 0.0849. The quantitative estimate of drug-likeness (QED) is 0.934. The van der Waals surface area contributed by atoms with Crippen LogP contribution >= 0.6 is 0 Å². The topological polar surface area (TPSA) is 54.4 Å². The van der Waals surface area contributed by atoms with Crippen molar-refractivity contribution in [3.05, 3.63) is 35.1 Å². The molecule has 0 aromatic heterocycles. The maximum atomic E-state index is 13.3. The molecule has 0 saturated heterocycles. The molecule has 3 atom stereocenters. The summed E-state index contributed by atoms with van der Waals surface area (Å²) < 4.78 is 36.7. The molecule has 5 heteroatoms. The zero-order chi connectivity index (χ0) is 14.9. The van der Waals surface area contributed by atoms with Crippen LogP contribution in [0.25, 0.3) is 0 Å². The summed E-state index contributed by atoms with van der Waals surface area (Å²) in [7, 11) is -3.08. The Hall–Kier alpha value is -0.940. The van der Waals surface area contributed by atoms with E-state index in [0.29, 0.717) is 18.4 Å². The molecular weight excluding hydrogens is 279 g/mol. The summed E-state index contributed by atoms with van der Waals surface area (Å²) in [5.41, 5.74) is 1.41. The predicted molar refractivity (Wildman–Crippen MR) is 76.7 cm³/mol. The Morgan fingerprint density at radius 2 is 2.05 bits per heavy atom. The number of hydrogen-bond donors (Lipinski definition) is 1. The average molecular weight is 300 g/mol. The van der Waals surface area contributed by atoms with Crippen LogP contribution in [0.3, 0.4) is 0 Å². The van der Waals surface area contributed by atoms with Gasteiger partial charge in [0.05, 0.1) is 11.4 Å². The van der Waals surface area contributed by atoms with Gasteiger partial charge in [0.1, 0.15) is 15.7 Å². The van der Waals surface area contributed by atoms with Gasteiger partial charge in [0.2, 0.25) is 0 Å². The number of sulfone groups is 1. The molecule has 1 aromatic rings. The summed E-state index contributed by atoms with van der Waals surface area (Å²) in [5, 5.41) is 10.1. The Bertz CT molecular complexity index is 583. The van der Waals surface area contributed by atoms with E-state index in [-0.39, 0.29) is 17.0 Å². The minimum absolute atomic E-state index is 0.121. The van der Waals surface area contributed by atoms with Crippen molar-refractivity contribution in [2.24, 2.45) is 5.92 Å². The fourth-order valence-corrected chi connectivity index (χ4v) is 4.23. The van der Waals surface area contributed by atoms with Gasteiger partial charge in [-0.15, -0.1) is 0 Å². The largest absolute Gasteiger partial charge is 0.388 e. The molecular formula is C15H21FO3S. The minimum atomic E-state index is -3.08. The van der Waals surface area contributed by atoms with Gasteiger partial charge in [-0.2, -0.15) is 0 Å². The van der Waals surface area contributed by atoms with Crippen LogP contribution in [-0.4, -0.2) is 25.0 Å². The van der Waals surface area contributed by atoms with Gasteiger partial charge in [0, 0.05) is 6.26 Å². The predicted octanol–water partition coefficient (Wildman–Crippen LogP) is 2.77. The van der Waals surface area contributed by atoms with Crippen LogP contribution in [0.5, 0.6) is 0 Å². The molecule has 2 rings (SSSR count). The van der Waals surface area contributed by atoms with Gasteiger partial charge in [-0.05, 0) is 55.4 Å². The van der Waals surface area contributed by atoms with Crippen molar-refractivity contribution >= 4 is 9.84 Å². The van der Waals surface area contributed by atoms with Gasteiger partial charge in [0.25, 0.3) is 0 Å². The van der Waals surface area contributed by atoms with Gasteiger partial charge in [-0.3, -0.25) is 0 Å². The summed E-state index contributed by atoms with van der Waals surface area (Å²) in [6.45, 7) is 1.83. The van der Waals surface area contributed by atoms with Crippen LogP contribution in [0.1, 0.15) is 42.9 Å². The second kappa shape index (κ2) is 5.82. The molecule has 1 N–H and O–H groups in total. The zero-order valence-electron chi connectivity index (χ0n) is 11.8. The van der Waals surface area contributed by atoms with E-state index in [2.05, 4.69) is 0 Å². The van der Waals surface area contributed by atoms with Crippen molar-refractivity contribution in [1.29, 1.82) is 0 Å². The first kappa shape index (κ1) is 15.4. The molecule has 0 radical (unpaired) electrons. The lowest BCUT2D eigenvalue weighted by Crippen LogP contribution is -2.30. The normalized spacial score (nSPS) is 25.4. The monoisotopic (exact) mass is 300 g/mol. The van der Waals surface area contributed by atoms with Crippen molar-refractivity contribution in [3.63, 3.8) is 0 Å². The highest BCUT2D eigenvalue weighted by molar-refractivity contribution is 7.91. The van der Waals surface area contributed by atoms with Crippen LogP contribution in [0.2, 0.25) is 0 Å². The maximum Gasteiger partial charge on any atom is 0.150 e. The molecule has 0 amide bonds. The summed E-state index contributed by atoms with van der Waals surface area (Å²) >= 11 is 0. The third kappa shape index (κ3) is 3.38. The van der Waals surface area contributed by atoms with Crippen LogP contribution in [0.15, 0.2) is 18.2 Å². The fourth-order valence-electron chi connectivity index (χ4n) is 3.04. The molecule has 3 nitrogen and oxygen atoms in total. The van der Waals surface area contributed by atoms with Crippen molar-refractivity contribution in [3.8, 4) is 0 Å². The summed E-state index contributed by atoms with van der Waals surface area (Å²) in [6.07, 6.45) is 3.13. The lowest BCUT2D eigenvalue weighted by Gasteiger charge is -2.32. The number of aliphatic hydroxyl groups is 1. The standard InChI is InChI=1S/C15H21FO3S/c1-10-6-7-12(16)9-14(10)15(17)11-4-3-5-13(8-11)20(2,18)19/h6-7,9,11,13,15,17H,3-5,8H2,1-2H3. The number of aryl methyl sites for hydroxylation is 1. The molecule has 112 valence electrons. The number of benzene rings is 1. The van der Waals surface area contributed by atoms with Crippen LogP contribution in [0.4, 0.5) is 4.39 Å². The summed E-state index contributed by atoms with van der Waals surface area (Å²) in [6, 6.07) is 4.36. The molecule has 0 spiro atoms. The summed E-state index contributed by atoms with van der Waals surface area (Å²) in [5.74, 6) is -0.496. The highest BCUT2D eigenvalue weighted by atomic mass is 32.2. The first-order valence-corrected chi connectivity index (χ1v) is 8.87. The van der Waals surface area contributed by atoms with Crippen LogP contribution < -0.4 is 0 Å². The molecule has 1 aliphatic rings. The SMILES string of the molecule is Cc1ccc(F)cc1C(O)C1CCCC(S(C)(=O)=O)C1. The van der Waals surface area contributed by atoms with E-state index in [1.807, 2.05) is 6.92 Å². The number of rotatable bonds is 3. The first-order valence-electron chi connectivity index (χ1n) is 6.92. The van der Waals surface area contributed by atoms with E-state index in [1.165, 1.54) is 18.4 Å². The third-order valence-electron chi connectivity index (χ3n) is 4.28. The second-order valence-electron chi connectivity index (χ2n) is 5.82. The Kier molecular flexibility index (Phi) is 4.49. The van der Waals surface area contributed by atoms with E-state index in [9.17, 15) is 17.9 Å². The first-order chi connectivity index (χ1) is 9.29. The smallest absolute Gasteiger partial charge is 0.150 e. The van der Waals surface area contributed by atoms with E-state index in [1.54, 1.807) is 6.07 Å². The van der Waals surface area contributed by atoms with Gasteiger partial charge in [-0.25, -0.2) is 12.8 Å². The van der Waals surface area contributed by atoms with E-state index < -0.39 is 15.9 Å². The molecule has 0 aliphatic heterocycles. The number of hydrogen-bond acceptors (Lipinski definition) is 3. The van der Waals surface area contributed by atoms with E-state index in [0.717, 1.165) is 18.4 Å². The number of aliphatic hydroxyl groups excluding tert-OH is 1. The van der Waals surface area contributed by atoms with Crippen LogP contribution in [0, 0.1) is 18.7 Å². The second-order valence-corrected chi connectivity index (χ2v) is 8.15. The third-order valence-corrected chi connectivity index (χ3v) is 5.92. The molecule has 0 bridgehead atoms. The molecule has 1 aromatic carbocycles. The van der Waals surface area contributed by atoms with Crippen molar-refractivity contribution in [2.75, 3.05) is 6.26 Å². The zero-order valence-corrected chi connectivity index (χ0v) is 12.7. The maximum absolute atomic E-state index is 13.3. The van der Waals surface area contributed by atoms with Gasteiger partial charge >= 0.3 is 0 Å². The number of halogens is 1. The molecule has 3 unspecified atom stereocenters. The van der Waals surface area contributed by atoms with Crippen LogP contribution in [-0.2, 0) is 9.84 Å². The van der Waals surface area contributed by atoms with Crippen molar-refractivity contribution in [1.82, 2.24) is 0 Å². The van der Waals surface area contributed by atoms with Gasteiger partial charge in [-0.1, -0.05) is 12.5 Å². The minimum Gasteiger partial charge on any atom is -0.388 e. The Morgan fingerprint density at radius 1 is 1.35 bits per heavy atom. The highest BCUT2D eigenvalue weighted by Gasteiger charge is 2.33. The Labute approximate surface area is 119 Å². The van der Waals surface area contributed by atoms with Gasteiger partial charge in [0.15, 0.2) is 0 Å². The summed E-state index contributed by atoms with van der Waals surface area (Å²) in [4.78, 5) is 0. The van der Waals surface area contributed by atoms with E-state index in [4.69, 9.17) is 0 Å². The van der Waals surface area contributed by atoms with Crippen molar-refractivity contribution in [2.45, 2.75) is 44.0 Å². The highest BCUT2D eigenvalue weighted by Crippen LogP contribution is 2.37. The molecule has 1 aliphatic carbocycles. The molecule has 20 heavy (non-hydrogen) atoms. The Balaban J connectivity index is 2.20. The van der Waals surface area contributed by atoms with Crippen molar-refractivity contribution < 1.29 is 17.9 Å². The van der Waals surface area contributed by atoms with E-state index >= 15 is 0 Å². The average Bonchev–Trinajstić information content (AvgIpc) is 2.40. The van der Waals surface area contributed by atoms with Gasteiger partial charge < -0.3 is 5.11 Å². The Morgan fingerprint density at radius 3 is 2.70 bits per heavy atom.